The van der Waals surface area contributed by atoms with Gasteiger partial charge in [-0.15, -0.1) is 0 Å². The van der Waals surface area contributed by atoms with Crippen molar-refractivity contribution < 1.29 is 17.7 Å². The molecule has 11 heteroatoms. The van der Waals surface area contributed by atoms with E-state index in [1.807, 2.05) is 0 Å². The van der Waals surface area contributed by atoms with Gasteiger partial charge in [0.15, 0.2) is 15.2 Å². The minimum atomic E-state index is -3.63. The molecule has 2 aromatic rings. The summed E-state index contributed by atoms with van der Waals surface area (Å²) in [6, 6.07) is 0. The lowest BCUT2D eigenvalue weighted by atomic mass is 10.1. The molecule has 1 amide bonds. The molecule has 1 unspecified atom stereocenters. The van der Waals surface area contributed by atoms with Crippen LogP contribution in [0.3, 0.4) is 0 Å². The number of carbonyl (C=O) groups excluding carboxylic acids is 1. The molecule has 118 valence electrons. The highest BCUT2D eigenvalue weighted by molar-refractivity contribution is 7.91. The van der Waals surface area contributed by atoms with E-state index < -0.39 is 10.0 Å². The number of amides is 1. The number of aromatic nitrogens is 3. The summed E-state index contributed by atoms with van der Waals surface area (Å²) in [7, 11) is -3.63. The van der Waals surface area contributed by atoms with E-state index in [0.29, 0.717) is 25.3 Å². The summed E-state index contributed by atoms with van der Waals surface area (Å²) in [4.78, 5) is 18.8. The van der Waals surface area contributed by atoms with Crippen molar-refractivity contribution in [3.8, 4) is 0 Å². The monoisotopic (exact) mass is 343 g/mol. The van der Waals surface area contributed by atoms with Crippen LogP contribution < -0.4 is 5.32 Å². The molecule has 0 spiro atoms. The highest BCUT2D eigenvalue weighted by atomic mass is 32.2. The van der Waals surface area contributed by atoms with E-state index in [1.165, 1.54) is 23.8 Å². The average Bonchev–Trinajstić information content (AvgIpc) is 3.19. The number of anilines is 1. The van der Waals surface area contributed by atoms with E-state index in [2.05, 4.69) is 20.4 Å². The van der Waals surface area contributed by atoms with Crippen LogP contribution in [-0.2, 0) is 14.8 Å². The lowest BCUT2D eigenvalue weighted by Gasteiger charge is -2.13. The van der Waals surface area contributed by atoms with Crippen molar-refractivity contribution in [2.75, 3.05) is 18.4 Å². The Hall–Kier alpha value is -1.85. The van der Waals surface area contributed by atoms with Crippen LogP contribution in [0.4, 0.5) is 5.13 Å². The van der Waals surface area contributed by atoms with E-state index in [0.717, 1.165) is 11.3 Å². The Morgan fingerprint density at radius 2 is 2.32 bits per heavy atom. The molecule has 1 atom stereocenters. The molecule has 1 fully saturated rings. The maximum Gasteiger partial charge on any atom is 0.254 e. The zero-order valence-corrected chi connectivity index (χ0v) is 13.2. The Bertz CT molecular complexity index is 770. The fraction of sp³-hybridized carbons (Fsp3) is 0.455. The number of nitrogens with zero attached hydrogens (tertiary/aromatic N) is 4. The van der Waals surface area contributed by atoms with E-state index in [-0.39, 0.29) is 21.2 Å². The molecule has 1 N–H and O–H groups in total. The predicted molar refractivity (Wildman–Crippen MR) is 76.8 cm³/mol. The van der Waals surface area contributed by atoms with E-state index in [4.69, 9.17) is 4.52 Å². The van der Waals surface area contributed by atoms with Gasteiger partial charge < -0.3 is 9.84 Å². The SMILES string of the molecule is CC(=O)Nc1ncc(S(=O)(=O)N2CCC(c3ncon3)C2)s1. The van der Waals surface area contributed by atoms with Gasteiger partial charge in [0.05, 0.1) is 6.20 Å². The summed E-state index contributed by atoms with van der Waals surface area (Å²) in [5.41, 5.74) is 0. The lowest BCUT2D eigenvalue weighted by molar-refractivity contribution is -0.114. The van der Waals surface area contributed by atoms with Crippen LogP contribution in [0, 0.1) is 0 Å². The van der Waals surface area contributed by atoms with Crippen LogP contribution in [0.1, 0.15) is 25.1 Å². The topological polar surface area (TPSA) is 118 Å². The molecular weight excluding hydrogens is 330 g/mol. The molecule has 0 radical (unpaired) electrons. The van der Waals surface area contributed by atoms with Gasteiger partial charge in [-0.05, 0) is 6.42 Å². The summed E-state index contributed by atoms with van der Waals surface area (Å²) < 4.78 is 31.3. The summed E-state index contributed by atoms with van der Waals surface area (Å²) in [6.07, 6.45) is 3.12. The molecule has 1 saturated heterocycles. The normalized spacial score (nSPS) is 19.4. The molecular formula is C11H13N5O4S2. The maximum absolute atomic E-state index is 12.6. The van der Waals surface area contributed by atoms with Gasteiger partial charge in [0.25, 0.3) is 10.0 Å². The Balaban J connectivity index is 1.76. The average molecular weight is 343 g/mol. The highest BCUT2D eigenvalue weighted by Crippen LogP contribution is 2.32. The zero-order chi connectivity index (χ0) is 15.7. The van der Waals surface area contributed by atoms with Crippen molar-refractivity contribution in [2.24, 2.45) is 0 Å². The van der Waals surface area contributed by atoms with Crippen LogP contribution >= 0.6 is 11.3 Å². The number of rotatable bonds is 4. The van der Waals surface area contributed by atoms with Gasteiger partial charge in [-0.3, -0.25) is 4.79 Å². The first-order chi connectivity index (χ1) is 10.5. The van der Waals surface area contributed by atoms with E-state index in [1.54, 1.807) is 0 Å². The van der Waals surface area contributed by atoms with Crippen molar-refractivity contribution in [1.82, 2.24) is 19.4 Å². The second-order valence-corrected chi connectivity index (χ2v) is 8.00. The first-order valence-electron chi connectivity index (χ1n) is 6.46. The van der Waals surface area contributed by atoms with Crippen molar-refractivity contribution in [2.45, 2.75) is 23.5 Å². The number of nitrogens with one attached hydrogen (secondary N) is 1. The van der Waals surface area contributed by atoms with Crippen LogP contribution in [0.15, 0.2) is 21.3 Å². The first kappa shape index (κ1) is 15.1. The third-order valence-electron chi connectivity index (χ3n) is 3.26. The molecule has 0 aromatic carbocycles. The molecule has 1 aliphatic heterocycles. The fourth-order valence-corrected chi connectivity index (χ4v) is 4.96. The minimum Gasteiger partial charge on any atom is -0.343 e. The van der Waals surface area contributed by atoms with Gasteiger partial charge >= 0.3 is 0 Å². The van der Waals surface area contributed by atoms with Gasteiger partial charge in [-0.25, -0.2) is 13.4 Å². The molecule has 2 aromatic heterocycles. The molecule has 3 heterocycles. The third kappa shape index (κ3) is 2.87. The summed E-state index contributed by atoms with van der Waals surface area (Å²) in [6.45, 7) is 2.02. The van der Waals surface area contributed by atoms with Crippen LogP contribution in [0.5, 0.6) is 0 Å². The maximum atomic E-state index is 12.6. The van der Waals surface area contributed by atoms with Gasteiger partial charge in [0.2, 0.25) is 12.3 Å². The molecule has 0 bridgehead atoms. The molecule has 22 heavy (non-hydrogen) atoms. The van der Waals surface area contributed by atoms with Gasteiger partial charge in [0.1, 0.15) is 0 Å². The smallest absolute Gasteiger partial charge is 0.254 e. The Labute approximate surface area is 130 Å². The van der Waals surface area contributed by atoms with Crippen molar-refractivity contribution in [1.29, 1.82) is 0 Å². The fourth-order valence-electron chi connectivity index (χ4n) is 2.23. The first-order valence-corrected chi connectivity index (χ1v) is 8.72. The number of sulfonamides is 1. The molecule has 9 nitrogen and oxygen atoms in total. The van der Waals surface area contributed by atoms with Crippen LogP contribution in [-0.4, -0.2) is 46.8 Å². The molecule has 1 aliphatic rings. The van der Waals surface area contributed by atoms with Crippen molar-refractivity contribution >= 4 is 32.4 Å². The zero-order valence-electron chi connectivity index (χ0n) is 11.6. The lowest BCUT2D eigenvalue weighted by Crippen LogP contribution is -2.28. The molecule has 0 saturated carbocycles. The molecule has 0 aliphatic carbocycles. The van der Waals surface area contributed by atoms with Gasteiger partial charge in [-0.2, -0.15) is 9.29 Å². The summed E-state index contributed by atoms with van der Waals surface area (Å²) in [5.74, 6) is 0.147. The Morgan fingerprint density at radius 3 is 3.00 bits per heavy atom. The Kier molecular flexibility index (Phi) is 3.93. The van der Waals surface area contributed by atoms with Crippen LogP contribution in [0.25, 0.3) is 0 Å². The number of hydrogen-bond acceptors (Lipinski definition) is 8. The van der Waals surface area contributed by atoms with Crippen LogP contribution in [0.2, 0.25) is 0 Å². The van der Waals surface area contributed by atoms with Crippen molar-refractivity contribution in [3.05, 3.63) is 18.4 Å². The van der Waals surface area contributed by atoms with Crippen molar-refractivity contribution in [3.63, 3.8) is 0 Å². The predicted octanol–water partition coefficient (Wildman–Crippen LogP) is 0.663. The Morgan fingerprint density at radius 1 is 1.50 bits per heavy atom. The summed E-state index contributed by atoms with van der Waals surface area (Å²) >= 11 is 0.931. The standard InChI is InChI=1S/C11H13N5O4S2/c1-7(17)14-11-12-4-9(21-11)22(18,19)16-3-2-8(5-16)10-13-6-20-15-10/h4,6,8H,2-3,5H2,1H3,(H,12,14,17). The number of carbonyl (C=O) groups is 1. The van der Waals surface area contributed by atoms with E-state index in [9.17, 15) is 13.2 Å². The largest absolute Gasteiger partial charge is 0.343 e. The number of thiazole rings is 1. The van der Waals surface area contributed by atoms with Gasteiger partial charge in [-0.1, -0.05) is 16.5 Å². The quantitative estimate of drug-likeness (QED) is 0.866. The molecule has 3 rings (SSSR count). The third-order valence-corrected chi connectivity index (χ3v) is 6.47. The second kappa shape index (κ2) is 5.74. The highest BCUT2D eigenvalue weighted by Gasteiger charge is 2.36. The number of hydrogen-bond donors (Lipinski definition) is 1. The minimum absolute atomic E-state index is 0.0729. The summed E-state index contributed by atoms with van der Waals surface area (Å²) in [5, 5.41) is 6.50. The second-order valence-electron chi connectivity index (χ2n) is 4.80. The van der Waals surface area contributed by atoms with Gasteiger partial charge in [0, 0.05) is 25.9 Å². The van der Waals surface area contributed by atoms with E-state index >= 15 is 0 Å².